The van der Waals surface area contributed by atoms with Crippen molar-refractivity contribution in [1.82, 2.24) is 0 Å². The Kier molecular flexibility index (Phi) is 3.39. The molecule has 104 valence electrons. The van der Waals surface area contributed by atoms with Gasteiger partial charge in [0.05, 0.1) is 5.69 Å². The highest BCUT2D eigenvalue weighted by Gasteiger charge is 2.14. The molecule has 0 atom stereocenters. The first-order valence-electron chi connectivity index (χ1n) is 5.74. The Labute approximate surface area is 114 Å². The number of amides is 1. The van der Waals surface area contributed by atoms with Crippen LogP contribution in [-0.4, -0.2) is 26.3 Å². The van der Waals surface area contributed by atoms with Crippen molar-refractivity contribution in [3.8, 4) is 23.0 Å². The Morgan fingerprint density at radius 2 is 1.55 bits per heavy atom. The van der Waals surface area contributed by atoms with Crippen molar-refractivity contribution in [3.63, 3.8) is 0 Å². The molecular formula is C14H13NO5. The van der Waals surface area contributed by atoms with Gasteiger partial charge in [-0.3, -0.25) is 4.79 Å². The van der Waals surface area contributed by atoms with Gasteiger partial charge in [0.2, 0.25) is 0 Å². The van der Waals surface area contributed by atoms with Gasteiger partial charge >= 0.3 is 0 Å². The first-order chi connectivity index (χ1) is 9.38. The average molecular weight is 275 g/mol. The molecule has 0 aliphatic rings. The van der Waals surface area contributed by atoms with Gasteiger partial charge in [-0.25, -0.2) is 0 Å². The van der Waals surface area contributed by atoms with Gasteiger partial charge in [0.25, 0.3) is 5.91 Å². The second-order valence-corrected chi connectivity index (χ2v) is 4.34. The lowest BCUT2D eigenvalue weighted by atomic mass is 10.1. The smallest absolute Gasteiger partial charge is 0.256 e. The summed E-state index contributed by atoms with van der Waals surface area (Å²) in [5.41, 5.74) is 0.996. The summed E-state index contributed by atoms with van der Waals surface area (Å²) in [6.07, 6.45) is 0. The summed E-state index contributed by atoms with van der Waals surface area (Å²) in [7, 11) is 0. The Balaban J connectivity index is 2.31. The number of aromatic hydroxyl groups is 4. The van der Waals surface area contributed by atoms with Crippen LogP contribution >= 0.6 is 0 Å². The summed E-state index contributed by atoms with van der Waals surface area (Å²) >= 11 is 0. The van der Waals surface area contributed by atoms with E-state index in [1.807, 2.05) is 0 Å². The van der Waals surface area contributed by atoms with Crippen LogP contribution in [0.4, 0.5) is 5.69 Å². The summed E-state index contributed by atoms with van der Waals surface area (Å²) in [6.45, 7) is 1.80. The molecule has 0 aliphatic heterocycles. The second-order valence-electron chi connectivity index (χ2n) is 4.34. The van der Waals surface area contributed by atoms with Gasteiger partial charge in [-0.15, -0.1) is 0 Å². The summed E-state index contributed by atoms with van der Waals surface area (Å²) in [4.78, 5) is 12.0. The lowest BCUT2D eigenvalue weighted by Gasteiger charge is -2.09. The molecule has 0 unspecified atom stereocenters. The molecule has 6 heteroatoms. The Bertz CT molecular complexity index is 658. The lowest BCUT2D eigenvalue weighted by Crippen LogP contribution is -2.12. The molecule has 5 N–H and O–H groups in total. The van der Waals surface area contributed by atoms with E-state index in [9.17, 15) is 25.2 Å². The van der Waals surface area contributed by atoms with Crippen LogP contribution in [0.2, 0.25) is 0 Å². The van der Waals surface area contributed by atoms with Gasteiger partial charge in [0.15, 0.2) is 17.2 Å². The number of phenolic OH excluding ortho intramolecular Hbond substituents is 4. The highest BCUT2D eigenvalue weighted by atomic mass is 16.3. The van der Waals surface area contributed by atoms with E-state index in [0.717, 1.165) is 17.7 Å². The minimum Gasteiger partial charge on any atom is -0.506 e. The molecular weight excluding hydrogens is 262 g/mol. The molecule has 0 saturated carbocycles. The summed E-state index contributed by atoms with van der Waals surface area (Å²) in [5.74, 6) is -2.65. The van der Waals surface area contributed by atoms with Crippen molar-refractivity contribution in [2.75, 3.05) is 5.32 Å². The van der Waals surface area contributed by atoms with Crippen LogP contribution in [0.15, 0.2) is 30.3 Å². The predicted octanol–water partition coefficient (Wildman–Crippen LogP) is 2.07. The van der Waals surface area contributed by atoms with Crippen LogP contribution in [0.1, 0.15) is 15.9 Å². The number of nitrogens with one attached hydrogen (secondary N) is 1. The maximum absolute atomic E-state index is 12.0. The predicted molar refractivity (Wildman–Crippen MR) is 72.2 cm³/mol. The molecule has 2 aromatic carbocycles. The van der Waals surface area contributed by atoms with E-state index in [0.29, 0.717) is 0 Å². The van der Waals surface area contributed by atoms with Crippen LogP contribution in [0.5, 0.6) is 23.0 Å². The van der Waals surface area contributed by atoms with Crippen molar-refractivity contribution in [2.45, 2.75) is 6.92 Å². The highest BCUT2D eigenvalue weighted by Crippen LogP contribution is 2.35. The second kappa shape index (κ2) is 5.00. The van der Waals surface area contributed by atoms with Crippen molar-refractivity contribution in [3.05, 3.63) is 41.5 Å². The molecule has 0 aliphatic carbocycles. The third kappa shape index (κ3) is 2.59. The minimum atomic E-state index is -0.694. The number of aryl methyl sites for hydroxylation is 1. The Morgan fingerprint density at radius 3 is 2.15 bits per heavy atom. The van der Waals surface area contributed by atoms with Gasteiger partial charge in [-0.1, -0.05) is 6.07 Å². The zero-order valence-electron chi connectivity index (χ0n) is 10.6. The van der Waals surface area contributed by atoms with Crippen LogP contribution in [-0.2, 0) is 0 Å². The quantitative estimate of drug-likeness (QED) is 0.539. The van der Waals surface area contributed by atoms with Gasteiger partial charge in [-0.2, -0.15) is 0 Å². The fourth-order valence-corrected chi connectivity index (χ4v) is 1.68. The van der Waals surface area contributed by atoms with Gasteiger partial charge in [-0.05, 0) is 36.8 Å². The Hall–Kier alpha value is -2.89. The first kappa shape index (κ1) is 13.5. The van der Waals surface area contributed by atoms with Crippen LogP contribution in [0, 0.1) is 6.92 Å². The molecule has 0 bridgehead atoms. The monoisotopic (exact) mass is 275 g/mol. The number of hydrogen-bond acceptors (Lipinski definition) is 5. The first-order valence-corrected chi connectivity index (χ1v) is 5.74. The maximum Gasteiger partial charge on any atom is 0.256 e. The molecule has 1 amide bonds. The van der Waals surface area contributed by atoms with E-state index in [1.165, 1.54) is 6.07 Å². The number of carbonyl (C=O) groups excluding carboxylic acids is 1. The van der Waals surface area contributed by atoms with E-state index >= 15 is 0 Å². The molecule has 0 saturated heterocycles. The molecule has 6 nitrogen and oxygen atoms in total. The molecule has 0 spiro atoms. The molecule has 0 heterocycles. The fourth-order valence-electron chi connectivity index (χ4n) is 1.68. The molecule has 0 aromatic heterocycles. The van der Waals surface area contributed by atoms with Crippen LogP contribution in [0.3, 0.4) is 0 Å². The maximum atomic E-state index is 12.0. The van der Waals surface area contributed by atoms with Crippen molar-refractivity contribution in [1.29, 1.82) is 0 Å². The lowest BCUT2D eigenvalue weighted by molar-refractivity contribution is 0.102. The van der Waals surface area contributed by atoms with Gasteiger partial charge in [0, 0.05) is 5.56 Å². The minimum absolute atomic E-state index is 0.0568. The molecule has 20 heavy (non-hydrogen) atoms. The number of carbonyl (C=O) groups is 1. The summed E-state index contributed by atoms with van der Waals surface area (Å²) in [5, 5.41) is 40.0. The van der Waals surface area contributed by atoms with Crippen LogP contribution < -0.4 is 5.32 Å². The molecule has 2 aromatic rings. The van der Waals surface area contributed by atoms with E-state index < -0.39 is 23.2 Å². The Morgan fingerprint density at radius 1 is 0.950 bits per heavy atom. The SMILES string of the molecule is Cc1ccc(O)c(NC(=O)c2cc(O)c(O)c(O)c2)c1. The highest BCUT2D eigenvalue weighted by molar-refractivity contribution is 6.05. The molecule has 0 fully saturated rings. The normalized spacial score (nSPS) is 10.2. The van der Waals surface area contributed by atoms with Crippen LogP contribution in [0.25, 0.3) is 0 Å². The van der Waals surface area contributed by atoms with Crippen molar-refractivity contribution >= 4 is 11.6 Å². The third-order valence-electron chi connectivity index (χ3n) is 2.73. The standard InChI is InChI=1S/C14H13NO5/c1-7-2-3-10(16)9(4-7)15-14(20)8-5-11(17)13(19)12(18)6-8/h2-6,16-19H,1H3,(H,15,20). The van der Waals surface area contributed by atoms with E-state index in [1.54, 1.807) is 19.1 Å². The van der Waals surface area contributed by atoms with E-state index in [2.05, 4.69) is 5.32 Å². The van der Waals surface area contributed by atoms with E-state index in [4.69, 9.17) is 0 Å². The summed E-state index contributed by atoms with van der Waals surface area (Å²) < 4.78 is 0. The number of benzene rings is 2. The number of phenols is 4. The van der Waals surface area contributed by atoms with Crippen molar-refractivity contribution in [2.24, 2.45) is 0 Å². The number of anilines is 1. The molecule has 0 radical (unpaired) electrons. The average Bonchev–Trinajstić information content (AvgIpc) is 2.39. The zero-order chi connectivity index (χ0) is 14.9. The van der Waals surface area contributed by atoms with Gasteiger partial charge in [0.1, 0.15) is 5.75 Å². The van der Waals surface area contributed by atoms with Crippen molar-refractivity contribution < 1.29 is 25.2 Å². The summed E-state index contributed by atoms with van der Waals surface area (Å²) in [6, 6.07) is 6.72. The number of rotatable bonds is 2. The molecule has 2 rings (SSSR count). The zero-order valence-corrected chi connectivity index (χ0v) is 10.6. The van der Waals surface area contributed by atoms with E-state index in [-0.39, 0.29) is 17.0 Å². The fraction of sp³-hybridized carbons (Fsp3) is 0.0714. The third-order valence-corrected chi connectivity index (χ3v) is 2.73. The largest absolute Gasteiger partial charge is 0.506 e. The van der Waals surface area contributed by atoms with Gasteiger partial charge < -0.3 is 25.7 Å². The number of hydrogen-bond donors (Lipinski definition) is 5. The topological polar surface area (TPSA) is 110 Å².